The van der Waals surface area contributed by atoms with E-state index in [4.69, 9.17) is 0 Å². The smallest absolute Gasteiger partial charge is 0.0486 e. The summed E-state index contributed by atoms with van der Waals surface area (Å²) in [5.74, 6) is 0. The van der Waals surface area contributed by atoms with Crippen LogP contribution in [0.3, 0.4) is 0 Å². The molecule has 18 heavy (non-hydrogen) atoms. The summed E-state index contributed by atoms with van der Waals surface area (Å²) < 4.78 is 2.36. The summed E-state index contributed by atoms with van der Waals surface area (Å²) in [5, 5.41) is 4.96. The van der Waals surface area contributed by atoms with Crippen molar-refractivity contribution >= 4 is 10.9 Å². The van der Waals surface area contributed by atoms with Gasteiger partial charge in [0.2, 0.25) is 0 Å². The van der Waals surface area contributed by atoms with Gasteiger partial charge in [-0.3, -0.25) is 0 Å². The van der Waals surface area contributed by atoms with Gasteiger partial charge in [0.15, 0.2) is 0 Å². The van der Waals surface area contributed by atoms with Crippen molar-refractivity contribution in [2.75, 3.05) is 0 Å². The molecule has 0 bridgehead atoms. The van der Waals surface area contributed by atoms with Gasteiger partial charge in [-0.05, 0) is 38.8 Å². The lowest BCUT2D eigenvalue weighted by molar-refractivity contribution is 0.533. The first-order chi connectivity index (χ1) is 8.63. The first kappa shape index (κ1) is 13.2. The van der Waals surface area contributed by atoms with Crippen molar-refractivity contribution in [2.24, 2.45) is 0 Å². The van der Waals surface area contributed by atoms with Crippen LogP contribution in [0.2, 0.25) is 0 Å². The minimum atomic E-state index is 0.507. The monoisotopic (exact) mass is 244 g/mol. The van der Waals surface area contributed by atoms with E-state index in [1.165, 1.54) is 22.9 Å². The molecule has 0 aliphatic heterocycles. The third-order valence-corrected chi connectivity index (χ3v) is 3.63. The molecule has 98 valence electrons. The van der Waals surface area contributed by atoms with E-state index >= 15 is 0 Å². The molecule has 2 nitrogen and oxygen atoms in total. The molecule has 1 heterocycles. The molecule has 0 unspecified atom stereocenters. The largest absolute Gasteiger partial charge is 0.345 e. The van der Waals surface area contributed by atoms with E-state index in [1.54, 1.807) is 0 Å². The fourth-order valence-corrected chi connectivity index (χ4v) is 2.27. The van der Waals surface area contributed by atoms with Crippen molar-refractivity contribution in [1.29, 1.82) is 0 Å². The predicted octanol–water partition coefficient (Wildman–Crippen LogP) is 4.11. The predicted molar refractivity (Wildman–Crippen MR) is 78.9 cm³/mol. The zero-order valence-corrected chi connectivity index (χ0v) is 11.9. The summed E-state index contributed by atoms with van der Waals surface area (Å²) in [6, 6.07) is 9.76. The van der Waals surface area contributed by atoms with Gasteiger partial charge >= 0.3 is 0 Å². The maximum absolute atomic E-state index is 3.58. The number of aromatic nitrogens is 1. The molecule has 1 aromatic heterocycles. The van der Waals surface area contributed by atoms with E-state index in [0.717, 1.165) is 6.54 Å². The minimum Gasteiger partial charge on any atom is -0.345 e. The van der Waals surface area contributed by atoms with E-state index in [-0.39, 0.29) is 0 Å². The Hall–Kier alpha value is -1.28. The highest BCUT2D eigenvalue weighted by atomic mass is 15.0. The maximum Gasteiger partial charge on any atom is 0.0486 e. The molecule has 2 rings (SSSR count). The molecule has 0 amide bonds. The average molecular weight is 244 g/mol. The molecular weight excluding hydrogens is 220 g/mol. The van der Waals surface area contributed by atoms with Crippen LogP contribution in [0.4, 0.5) is 0 Å². The summed E-state index contributed by atoms with van der Waals surface area (Å²) in [7, 11) is 0. The van der Waals surface area contributed by atoms with Crippen LogP contribution < -0.4 is 5.32 Å². The second-order valence-electron chi connectivity index (χ2n) is 5.36. The van der Waals surface area contributed by atoms with Crippen LogP contribution in [0.15, 0.2) is 30.5 Å². The van der Waals surface area contributed by atoms with Gasteiger partial charge in [-0.2, -0.15) is 0 Å². The van der Waals surface area contributed by atoms with Gasteiger partial charge in [0.05, 0.1) is 0 Å². The van der Waals surface area contributed by atoms with Gasteiger partial charge in [-0.1, -0.05) is 25.1 Å². The lowest BCUT2D eigenvalue weighted by Gasteiger charge is -2.10. The molecule has 2 aromatic rings. The highest BCUT2D eigenvalue weighted by Crippen LogP contribution is 2.24. The zero-order valence-electron chi connectivity index (χ0n) is 11.9. The third-order valence-electron chi connectivity index (χ3n) is 3.63. The van der Waals surface area contributed by atoms with E-state index in [2.05, 4.69) is 68.0 Å². The maximum atomic E-state index is 3.58. The fourth-order valence-electron chi connectivity index (χ4n) is 2.27. The number of hydrogen-bond acceptors (Lipinski definition) is 1. The highest BCUT2D eigenvalue weighted by Gasteiger charge is 2.10. The first-order valence-corrected chi connectivity index (χ1v) is 6.95. The summed E-state index contributed by atoms with van der Waals surface area (Å²) in [5.41, 5.74) is 2.74. The third kappa shape index (κ3) is 2.59. The molecule has 2 heteroatoms. The van der Waals surface area contributed by atoms with Crippen molar-refractivity contribution in [3.05, 3.63) is 36.0 Å². The molecule has 0 aliphatic carbocycles. The van der Waals surface area contributed by atoms with Gasteiger partial charge in [0.1, 0.15) is 0 Å². The standard InChI is InChI=1S/C16H24N2/c1-5-13(4)17-10-14-11-18(12(2)3)16-9-7-6-8-15(14)16/h6-9,11-13,17H,5,10H2,1-4H3/t13-/m0/s1. The van der Waals surface area contributed by atoms with Gasteiger partial charge in [-0.25, -0.2) is 0 Å². The Balaban J connectivity index is 2.33. The van der Waals surface area contributed by atoms with E-state index in [1.807, 2.05) is 0 Å². The molecule has 0 fully saturated rings. The average Bonchev–Trinajstić information content (AvgIpc) is 2.75. The molecule has 0 aliphatic rings. The van der Waals surface area contributed by atoms with Crippen LogP contribution in [-0.2, 0) is 6.54 Å². The van der Waals surface area contributed by atoms with Gasteiger partial charge in [0.25, 0.3) is 0 Å². The van der Waals surface area contributed by atoms with Crippen molar-refractivity contribution in [3.63, 3.8) is 0 Å². The Kier molecular flexibility index (Phi) is 4.07. The van der Waals surface area contributed by atoms with Crippen LogP contribution in [0.1, 0.15) is 45.7 Å². The molecule has 0 spiro atoms. The van der Waals surface area contributed by atoms with Gasteiger partial charge in [0, 0.05) is 35.7 Å². The topological polar surface area (TPSA) is 17.0 Å². The highest BCUT2D eigenvalue weighted by molar-refractivity contribution is 5.84. The Labute approximate surface area is 110 Å². The first-order valence-electron chi connectivity index (χ1n) is 6.95. The second kappa shape index (κ2) is 5.57. The van der Waals surface area contributed by atoms with Crippen LogP contribution in [-0.4, -0.2) is 10.6 Å². The second-order valence-corrected chi connectivity index (χ2v) is 5.36. The number of benzene rings is 1. The number of hydrogen-bond donors (Lipinski definition) is 1. The number of fused-ring (bicyclic) bond motifs is 1. The van der Waals surface area contributed by atoms with Crippen molar-refractivity contribution in [1.82, 2.24) is 9.88 Å². The van der Waals surface area contributed by atoms with Crippen LogP contribution >= 0.6 is 0 Å². The summed E-state index contributed by atoms with van der Waals surface area (Å²) in [6.07, 6.45) is 3.47. The van der Waals surface area contributed by atoms with E-state index < -0.39 is 0 Å². The Bertz CT molecular complexity index is 511. The van der Waals surface area contributed by atoms with Crippen LogP contribution in [0.25, 0.3) is 10.9 Å². The molecule has 0 saturated heterocycles. The van der Waals surface area contributed by atoms with Crippen molar-refractivity contribution in [2.45, 2.75) is 52.7 Å². The lowest BCUT2D eigenvalue weighted by Crippen LogP contribution is -2.24. The van der Waals surface area contributed by atoms with Gasteiger partial charge < -0.3 is 9.88 Å². The molecule has 1 aromatic carbocycles. The van der Waals surface area contributed by atoms with Crippen molar-refractivity contribution < 1.29 is 0 Å². The minimum absolute atomic E-state index is 0.507. The van der Waals surface area contributed by atoms with E-state index in [9.17, 15) is 0 Å². The molecule has 0 saturated carbocycles. The molecule has 1 N–H and O–H groups in total. The molecule has 1 atom stereocenters. The molecule has 0 radical (unpaired) electrons. The lowest BCUT2D eigenvalue weighted by atomic mass is 10.1. The Morgan fingerprint density at radius 1 is 1.17 bits per heavy atom. The number of nitrogens with zero attached hydrogens (tertiary/aromatic N) is 1. The van der Waals surface area contributed by atoms with Crippen LogP contribution in [0.5, 0.6) is 0 Å². The number of nitrogens with one attached hydrogen (secondary N) is 1. The quantitative estimate of drug-likeness (QED) is 0.837. The summed E-state index contributed by atoms with van der Waals surface area (Å²) in [4.78, 5) is 0. The normalized spacial score (nSPS) is 13.4. The molecular formula is C16H24N2. The van der Waals surface area contributed by atoms with E-state index in [0.29, 0.717) is 12.1 Å². The SMILES string of the molecule is CC[C@H](C)NCc1cn(C(C)C)c2ccccc12. The number of rotatable bonds is 5. The zero-order chi connectivity index (χ0) is 13.1. The fraction of sp³-hybridized carbons (Fsp3) is 0.500. The van der Waals surface area contributed by atoms with Crippen LogP contribution in [0, 0.1) is 0 Å². The summed E-state index contributed by atoms with van der Waals surface area (Å²) >= 11 is 0. The van der Waals surface area contributed by atoms with Crippen molar-refractivity contribution in [3.8, 4) is 0 Å². The number of para-hydroxylation sites is 1. The summed E-state index contributed by atoms with van der Waals surface area (Å²) in [6.45, 7) is 9.88. The van der Waals surface area contributed by atoms with Gasteiger partial charge in [-0.15, -0.1) is 0 Å². The Morgan fingerprint density at radius 2 is 1.89 bits per heavy atom. The Morgan fingerprint density at radius 3 is 2.56 bits per heavy atom.